The average molecular weight is 416 g/mol. The Morgan fingerprint density at radius 2 is 1.96 bits per heavy atom. The second kappa shape index (κ2) is 8.28. The molecule has 3 aromatic rings. The number of hydrogen-bond acceptors (Lipinski definition) is 7. The first kappa shape index (κ1) is 18.9. The Morgan fingerprint density at radius 1 is 1.11 bits per heavy atom. The van der Waals surface area contributed by atoms with E-state index in [1.54, 1.807) is 30.9 Å². The molecule has 0 fully saturated rings. The highest BCUT2D eigenvalue weighted by Crippen LogP contribution is 2.39. The zero-order valence-electron chi connectivity index (χ0n) is 15.8. The third-order valence-corrected chi connectivity index (χ3v) is 6.63. The number of nitrogens with zero attached hydrogens (tertiary/aromatic N) is 2. The van der Waals surface area contributed by atoms with Gasteiger partial charge < -0.3 is 9.47 Å². The van der Waals surface area contributed by atoms with E-state index < -0.39 is 0 Å². The number of para-hydroxylation sites is 1. The molecule has 8 heteroatoms. The molecule has 2 heterocycles. The van der Waals surface area contributed by atoms with Gasteiger partial charge in [0.1, 0.15) is 10.7 Å². The smallest absolute Gasteiger partial charge is 0.276 e. The summed E-state index contributed by atoms with van der Waals surface area (Å²) in [6.07, 6.45) is 5.67. The monoisotopic (exact) mass is 415 g/mol. The van der Waals surface area contributed by atoms with Crippen LogP contribution in [-0.2, 0) is 12.8 Å². The minimum atomic E-state index is -0.242. The number of ether oxygens (including phenoxy) is 2. The van der Waals surface area contributed by atoms with Gasteiger partial charge in [-0.15, -0.1) is 22.7 Å². The molecule has 0 atom stereocenters. The quantitative estimate of drug-likeness (QED) is 0.606. The third-order valence-electron chi connectivity index (χ3n) is 4.69. The van der Waals surface area contributed by atoms with E-state index in [9.17, 15) is 4.79 Å². The average Bonchev–Trinajstić information content (AvgIpc) is 3.29. The van der Waals surface area contributed by atoms with Gasteiger partial charge in [-0.1, -0.05) is 12.5 Å². The molecule has 28 heavy (non-hydrogen) atoms. The topological polar surface area (TPSA) is 73.3 Å². The fraction of sp³-hybridized carbons (Fsp3) is 0.350. The van der Waals surface area contributed by atoms with Gasteiger partial charge in [0, 0.05) is 10.3 Å². The van der Waals surface area contributed by atoms with Crippen molar-refractivity contribution in [3.63, 3.8) is 0 Å². The third kappa shape index (κ3) is 3.74. The number of thiazole rings is 2. The first-order chi connectivity index (χ1) is 13.7. The highest BCUT2D eigenvalue weighted by Gasteiger charge is 2.19. The van der Waals surface area contributed by atoms with E-state index in [4.69, 9.17) is 9.47 Å². The van der Waals surface area contributed by atoms with Crippen molar-refractivity contribution in [1.29, 1.82) is 0 Å². The molecule has 0 bridgehead atoms. The van der Waals surface area contributed by atoms with Gasteiger partial charge >= 0.3 is 0 Å². The Hall–Kier alpha value is -2.45. The lowest BCUT2D eigenvalue weighted by Crippen LogP contribution is -2.12. The first-order valence-electron chi connectivity index (χ1n) is 9.16. The molecule has 1 N–H and O–H groups in total. The predicted molar refractivity (Wildman–Crippen MR) is 112 cm³/mol. The Bertz CT molecular complexity index is 973. The Kier molecular flexibility index (Phi) is 5.59. The van der Waals surface area contributed by atoms with Gasteiger partial charge in [-0.05, 0) is 37.8 Å². The standard InChI is InChI=1S/C20H21N3O3S2/c1-25-15-9-6-7-12(17(15)26-2)19-21-14(11-27-19)18(24)23-20-22-13-8-4-3-5-10-16(13)28-20/h6-7,9,11H,3-5,8,10H2,1-2H3,(H,22,23,24). The van der Waals surface area contributed by atoms with Crippen molar-refractivity contribution < 1.29 is 14.3 Å². The Labute approximate surface area is 171 Å². The molecule has 1 aromatic carbocycles. The molecule has 0 aliphatic heterocycles. The molecule has 0 saturated heterocycles. The van der Waals surface area contributed by atoms with Crippen LogP contribution >= 0.6 is 22.7 Å². The molecule has 146 valence electrons. The number of aryl methyl sites for hydroxylation is 2. The zero-order chi connectivity index (χ0) is 19.5. The van der Waals surface area contributed by atoms with Crippen LogP contribution in [0.3, 0.4) is 0 Å². The van der Waals surface area contributed by atoms with E-state index in [1.807, 2.05) is 18.2 Å². The van der Waals surface area contributed by atoms with Crippen LogP contribution in [0.2, 0.25) is 0 Å². The number of carbonyl (C=O) groups is 1. The number of rotatable bonds is 5. The lowest BCUT2D eigenvalue weighted by molar-refractivity contribution is 0.102. The lowest BCUT2D eigenvalue weighted by Gasteiger charge is -2.10. The summed E-state index contributed by atoms with van der Waals surface area (Å²) in [4.78, 5) is 23.1. The first-order valence-corrected chi connectivity index (χ1v) is 10.9. The summed E-state index contributed by atoms with van der Waals surface area (Å²) in [5, 5.41) is 6.02. The highest BCUT2D eigenvalue weighted by atomic mass is 32.1. The molecule has 4 rings (SSSR count). The lowest BCUT2D eigenvalue weighted by atomic mass is 10.2. The molecular formula is C20H21N3O3S2. The number of benzene rings is 1. The largest absolute Gasteiger partial charge is 0.493 e. The number of fused-ring (bicyclic) bond motifs is 1. The normalized spacial score (nSPS) is 13.5. The maximum atomic E-state index is 12.7. The van der Waals surface area contributed by atoms with Crippen LogP contribution in [0.4, 0.5) is 5.13 Å². The summed E-state index contributed by atoms with van der Waals surface area (Å²) in [5.74, 6) is 0.994. The van der Waals surface area contributed by atoms with Crippen molar-refractivity contribution >= 4 is 33.7 Å². The molecule has 1 aliphatic carbocycles. The number of carbonyl (C=O) groups excluding carboxylic acids is 1. The van der Waals surface area contributed by atoms with Crippen LogP contribution in [0, 0.1) is 0 Å². The molecule has 6 nitrogen and oxygen atoms in total. The second-order valence-corrected chi connectivity index (χ2v) is 8.42. The molecule has 0 saturated carbocycles. The predicted octanol–water partition coefficient (Wildman–Crippen LogP) is 4.81. The van der Waals surface area contributed by atoms with Gasteiger partial charge in [-0.25, -0.2) is 9.97 Å². The fourth-order valence-electron chi connectivity index (χ4n) is 3.30. The number of methoxy groups -OCH3 is 2. The fourth-order valence-corrected chi connectivity index (χ4v) is 5.17. The minimum Gasteiger partial charge on any atom is -0.493 e. The molecule has 1 aliphatic rings. The van der Waals surface area contributed by atoms with E-state index in [0.717, 1.165) is 24.1 Å². The summed E-state index contributed by atoms with van der Waals surface area (Å²) < 4.78 is 10.8. The van der Waals surface area contributed by atoms with E-state index in [1.165, 1.54) is 35.5 Å². The van der Waals surface area contributed by atoms with Crippen molar-refractivity contribution in [2.45, 2.75) is 32.1 Å². The summed E-state index contributed by atoms with van der Waals surface area (Å²) >= 11 is 2.98. The van der Waals surface area contributed by atoms with E-state index in [2.05, 4.69) is 15.3 Å². The van der Waals surface area contributed by atoms with Crippen molar-refractivity contribution in [3.05, 3.63) is 39.8 Å². The van der Waals surface area contributed by atoms with Gasteiger partial charge in [0.2, 0.25) is 0 Å². The van der Waals surface area contributed by atoms with E-state index in [0.29, 0.717) is 27.3 Å². The number of amides is 1. The van der Waals surface area contributed by atoms with Gasteiger partial charge in [0.25, 0.3) is 5.91 Å². The molecular weight excluding hydrogens is 394 g/mol. The number of hydrogen-bond donors (Lipinski definition) is 1. The van der Waals surface area contributed by atoms with Crippen LogP contribution in [0.25, 0.3) is 10.6 Å². The van der Waals surface area contributed by atoms with Crippen LogP contribution in [0.5, 0.6) is 11.5 Å². The van der Waals surface area contributed by atoms with E-state index in [-0.39, 0.29) is 5.91 Å². The molecule has 0 radical (unpaired) electrons. The number of aromatic nitrogens is 2. The Morgan fingerprint density at radius 3 is 2.79 bits per heavy atom. The van der Waals surface area contributed by atoms with Crippen LogP contribution in [-0.4, -0.2) is 30.1 Å². The van der Waals surface area contributed by atoms with Crippen LogP contribution in [0.15, 0.2) is 23.6 Å². The summed E-state index contributed by atoms with van der Waals surface area (Å²) in [6, 6.07) is 5.61. The van der Waals surface area contributed by atoms with Crippen LogP contribution < -0.4 is 14.8 Å². The molecule has 2 aromatic heterocycles. The summed E-state index contributed by atoms with van der Waals surface area (Å²) in [5.41, 5.74) is 2.31. The maximum absolute atomic E-state index is 12.7. The van der Waals surface area contributed by atoms with Gasteiger partial charge in [0.15, 0.2) is 16.6 Å². The van der Waals surface area contributed by atoms with E-state index >= 15 is 0 Å². The summed E-state index contributed by atoms with van der Waals surface area (Å²) in [7, 11) is 3.19. The molecule has 0 spiro atoms. The SMILES string of the molecule is COc1cccc(-c2nc(C(=O)Nc3nc4c(s3)CCCCC4)cs2)c1OC. The highest BCUT2D eigenvalue weighted by molar-refractivity contribution is 7.16. The van der Waals surface area contributed by atoms with Crippen molar-refractivity contribution in [2.24, 2.45) is 0 Å². The second-order valence-electron chi connectivity index (χ2n) is 6.48. The maximum Gasteiger partial charge on any atom is 0.276 e. The van der Waals surface area contributed by atoms with Crippen LogP contribution in [0.1, 0.15) is 40.3 Å². The van der Waals surface area contributed by atoms with Crippen molar-refractivity contribution in [3.8, 4) is 22.1 Å². The minimum absolute atomic E-state index is 0.242. The number of anilines is 1. The molecule has 1 amide bonds. The van der Waals surface area contributed by atoms with Gasteiger partial charge in [-0.2, -0.15) is 0 Å². The zero-order valence-corrected chi connectivity index (χ0v) is 17.4. The van der Waals surface area contributed by atoms with Crippen molar-refractivity contribution in [2.75, 3.05) is 19.5 Å². The Balaban J connectivity index is 1.54. The van der Waals surface area contributed by atoms with Gasteiger partial charge in [0.05, 0.1) is 25.5 Å². The number of nitrogens with one attached hydrogen (secondary N) is 1. The summed E-state index contributed by atoms with van der Waals surface area (Å²) in [6.45, 7) is 0. The van der Waals surface area contributed by atoms with Gasteiger partial charge in [-0.3, -0.25) is 10.1 Å². The van der Waals surface area contributed by atoms with Crippen molar-refractivity contribution in [1.82, 2.24) is 9.97 Å². The molecule has 0 unspecified atom stereocenters.